The van der Waals surface area contributed by atoms with E-state index in [-0.39, 0.29) is 23.6 Å². The number of primary amides is 1. The van der Waals surface area contributed by atoms with E-state index in [4.69, 9.17) is 17.3 Å². The lowest BCUT2D eigenvalue weighted by atomic mass is 10.1. The molecule has 0 bridgehead atoms. The van der Waals surface area contributed by atoms with Gasteiger partial charge < -0.3 is 10.6 Å². The summed E-state index contributed by atoms with van der Waals surface area (Å²) in [5.74, 6) is -0.664. The van der Waals surface area contributed by atoms with Gasteiger partial charge in [0.1, 0.15) is 5.88 Å². The van der Waals surface area contributed by atoms with Crippen molar-refractivity contribution in [2.24, 2.45) is 11.7 Å². The Kier molecular flexibility index (Phi) is 2.92. The minimum atomic E-state index is -0.333. The third-order valence-corrected chi connectivity index (χ3v) is 2.29. The molecule has 0 spiro atoms. The molecule has 0 aromatic carbocycles. The van der Waals surface area contributed by atoms with E-state index in [1.54, 1.807) is 4.90 Å². The van der Waals surface area contributed by atoms with E-state index >= 15 is 0 Å². The van der Waals surface area contributed by atoms with Crippen molar-refractivity contribution >= 4 is 23.4 Å². The monoisotopic (exact) mass is 190 g/mol. The molecule has 0 saturated carbocycles. The Labute approximate surface area is 75.6 Å². The van der Waals surface area contributed by atoms with Gasteiger partial charge >= 0.3 is 0 Å². The molecule has 1 heterocycles. The molecule has 4 nitrogen and oxygen atoms in total. The first-order valence-corrected chi connectivity index (χ1v) is 4.31. The summed E-state index contributed by atoms with van der Waals surface area (Å²) in [5.41, 5.74) is 5.09. The summed E-state index contributed by atoms with van der Waals surface area (Å²) in [6.45, 7) is 1.03. The molecule has 0 aromatic heterocycles. The molecule has 1 atom stereocenters. The molecule has 1 rings (SSSR count). The lowest BCUT2D eigenvalue weighted by Crippen LogP contribution is -2.32. The molecule has 1 fully saturated rings. The molecular weight excluding hydrogens is 180 g/mol. The fourth-order valence-corrected chi connectivity index (χ4v) is 1.47. The smallest absolute Gasteiger partial charge is 0.237 e. The maximum atomic E-state index is 11.0. The predicted molar refractivity (Wildman–Crippen MR) is 44.6 cm³/mol. The van der Waals surface area contributed by atoms with Crippen LogP contribution in [0.15, 0.2) is 0 Å². The highest BCUT2D eigenvalue weighted by Gasteiger charge is 2.28. The van der Waals surface area contributed by atoms with E-state index in [1.807, 2.05) is 0 Å². The molecule has 0 radical (unpaired) electrons. The van der Waals surface area contributed by atoms with Crippen molar-refractivity contribution in [3.05, 3.63) is 0 Å². The van der Waals surface area contributed by atoms with E-state index in [0.717, 1.165) is 0 Å². The van der Waals surface area contributed by atoms with Gasteiger partial charge in [0.2, 0.25) is 11.8 Å². The first-order valence-electron chi connectivity index (χ1n) is 3.78. The minimum Gasteiger partial charge on any atom is -0.369 e. The van der Waals surface area contributed by atoms with Crippen LogP contribution in [0.3, 0.4) is 0 Å². The van der Waals surface area contributed by atoms with Crippen LogP contribution in [-0.4, -0.2) is 35.7 Å². The zero-order chi connectivity index (χ0) is 9.14. The van der Waals surface area contributed by atoms with E-state index in [0.29, 0.717) is 19.5 Å². The summed E-state index contributed by atoms with van der Waals surface area (Å²) in [6, 6.07) is 0. The van der Waals surface area contributed by atoms with Crippen molar-refractivity contribution in [3.63, 3.8) is 0 Å². The van der Waals surface area contributed by atoms with Crippen molar-refractivity contribution in [3.8, 4) is 0 Å². The van der Waals surface area contributed by atoms with Gasteiger partial charge in [-0.25, -0.2) is 0 Å². The quantitative estimate of drug-likeness (QED) is 0.600. The zero-order valence-electron chi connectivity index (χ0n) is 6.62. The number of alkyl halides is 1. The standard InChI is InChI=1S/C7H11ClN2O2/c8-3-6(11)10-2-1-5(4-10)7(9)12/h5H,1-4H2,(H2,9,12). The number of nitrogens with zero attached hydrogens (tertiary/aromatic N) is 1. The molecule has 1 aliphatic rings. The summed E-state index contributed by atoms with van der Waals surface area (Å²) in [4.78, 5) is 23.3. The Morgan fingerprint density at radius 3 is 2.67 bits per heavy atom. The number of hydrogen-bond donors (Lipinski definition) is 1. The lowest BCUT2D eigenvalue weighted by Gasteiger charge is -2.13. The average Bonchev–Trinajstić information content (AvgIpc) is 2.51. The first kappa shape index (κ1) is 9.32. The molecule has 2 N–H and O–H groups in total. The summed E-state index contributed by atoms with van der Waals surface area (Å²) >= 11 is 5.35. The van der Waals surface area contributed by atoms with E-state index in [2.05, 4.69) is 0 Å². The van der Waals surface area contributed by atoms with Gasteiger partial charge in [-0.2, -0.15) is 0 Å². The van der Waals surface area contributed by atoms with Crippen LogP contribution in [-0.2, 0) is 9.59 Å². The van der Waals surface area contributed by atoms with E-state index in [9.17, 15) is 9.59 Å². The first-order chi connectivity index (χ1) is 5.65. The Balaban J connectivity index is 2.45. The van der Waals surface area contributed by atoms with Crippen molar-refractivity contribution in [1.29, 1.82) is 0 Å². The van der Waals surface area contributed by atoms with Crippen molar-refractivity contribution in [2.75, 3.05) is 19.0 Å². The molecule has 0 aliphatic carbocycles. The molecule has 12 heavy (non-hydrogen) atoms. The number of carbonyl (C=O) groups excluding carboxylic acids is 2. The topological polar surface area (TPSA) is 63.4 Å². The number of halogens is 1. The van der Waals surface area contributed by atoms with Gasteiger partial charge in [-0.3, -0.25) is 9.59 Å². The molecule has 5 heteroatoms. The van der Waals surface area contributed by atoms with Gasteiger partial charge in [0.05, 0.1) is 5.92 Å². The van der Waals surface area contributed by atoms with Crippen LogP contribution < -0.4 is 5.73 Å². The fraction of sp³-hybridized carbons (Fsp3) is 0.714. The van der Waals surface area contributed by atoms with Crippen LogP contribution in [0.5, 0.6) is 0 Å². The number of hydrogen-bond acceptors (Lipinski definition) is 2. The van der Waals surface area contributed by atoms with Crippen LogP contribution in [0, 0.1) is 5.92 Å². The highest BCUT2D eigenvalue weighted by molar-refractivity contribution is 6.27. The molecule has 1 unspecified atom stereocenters. The summed E-state index contributed by atoms with van der Waals surface area (Å²) in [5, 5.41) is 0. The Morgan fingerprint density at radius 2 is 2.25 bits per heavy atom. The number of nitrogens with two attached hydrogens (primary N) is 1. The Hall–Kier alpha value is -0.770. The van der Waals surface area contributed by atoms with Crippen LogP contribution >= 0.6 is 11.6 Å². The highest BCUT2D eigenvalue weighted by atomic mass is 35.5. The summed E-state index contributed by atoms with van der Waals surface area (Å²) in [7, 11) is 0. The second kappa shape index (κ2) is 3.76. The normalized spacial score (nSPS) is 22.8. The van der Waals surface area contributed by atoms with Crippen molar-refractivity contribution in [1.82, 2.24) is 4.90 Å². The number of amides is 2. The molecule has 1 saturated heterocycles. The van der Waals surface area contributed by atoms with Crippen LogP contribution in [0.2, 0.25) is 0 Å². The number of likely N-dealkylation sites (tertiary alicyclic amines) is 1. The lowest BCUT2D eigenvalue weighted by molar-refractivity contribution is -0.127. The van der Waals surface area contributed by atoms with Crippen LogP contribution in [0.1, 0.15) is 6.42 Å². The fourth-order valence-electron chi connectivity index (χ4n) is 1.30. The van der Waals surface area contributed by atoms with Gasteiger partial charge in [-0.15, -0.1) is 11.6 Å². The van der Waals surface area contributed by atoms with Gasteiger partial charge in [-0.05, 0) is 6.42 Å². The third kappa shape index (κ3) is 1.88. The minimum absolute atomic E-state index is 0.0223. The molecular formula is C7H11ClN2O2. The third-order valence-electron chi connectivity index (χ3n) is 2.06. The van der Waals surface area contributed by atoms with Crippen molar-refractivity contribution < 1.29 is 9.59 Å². The van der Waals surface area contributed by atoms with Gasteiger partial charge in [0.25, 0.3) is 0 Å². The van der Waals surface area contributed by atoms with Crippen molar-refractivity contribution in [2.45, 2.75) is 6.42 Å². The van der Waals surface area contributed by atoms with E-state index in [1.165, 1.54) is 0 Å². The molecule has 0 aromatic rings. The van der Waals surface area contributed by atoms with Gasteiger partial charge in [0, 0.05) is 13.1 Å². The highest BCUT2D eigenvalue weighted by Crippen LogP contribution is 2.15. The SMILES string of the molecule is NC(=O)C1CCN(C(=O)CCl)C1. The van der Waals surface area contributed by atoms with Gasteiger partial charge in [0.15, 0.2) is 0 Å². The Morgan fingerprint density at radius 1 is 1.58 bits per heavy atom. The van der Waals surface area contributed by atoms with E-state index < -0.39 is 0 Å². The number of rotatable bonds is 2. The molecule has 1 aliphatic heterocycles. The van der Waals surface area contributed by atoms with Gasteiger partial charge in [-0.1, -0.05) is 0 Å². The molecule has 2 amide bonds. The second-order valence-electron chi connectivity index (χ2n) is 2.86. The average molecular weight is 191 g/mol. The summed E-state index contributed by atoms with van der Waals surface area (Å²) < 4.78 is 0. The van der Waals surface area contributed by atoms with Crippen LogP contribution in [0.25, 0.3) is 0 Å². The summed E-state index contributed by atoms with van der Waals surface area (Å²) in [6.07, 6.45) is 0.665. The maximum Gasteiger partial charge on any atom is 0.237 e. The van der Waals surface area contributed by atoms with Crippen LogP contribution in [0.4, 0.5) is 0 Å². The number of carbonyl (C=O) groups is 2. The predicted octanol–water partition coefficient (Wildman–Crippen LogP) is -0.441. The maximum absolute atomic E-state index is 11.0. The largest absolute Gasteiger partial charge is 0.369 e. The second-order valence-corrected chi connectivity index (χ2v) is 3.13. The zero-order valence-corrected chi connectivity index (χ0v) is 7.38. The Bertz CT molecular complexity index is 208. The molecule has 68 valence electrons.